The maximum absolute atomic E-state index is 13.1. The minimum atomic E-state index is -1.34. The Morgan fingerprint density at radius 2 is 1.76 bits per heavy atom. The highest BCUT2D eigenvalue weighted by Crippen LogP contribution is 2.33. The van der Waals surface area contributed by atoms with Gasteiger partial charge in [0.25, 0.3) is 5.91 Å². The fourth-order valence-electron chi connectivity index (χ4n) is 3.63. The van der Waals surface area contributed by atoms with Gasteiger partial charge in [0.1, 0.15) is 17.9 Å². The molecule has 2 heterocycles. The minimum absolute atomic E-state index is 0.232. The Bertz CT molecular complexity index is 890. The average molecular weight is 399 g/mol. The van der Waals surface area contributed by atoms with Gasteiger partial charge in [-0.15, -0.1) is 0 Å². The zero-order chi connectivity index (χ0) is 21.3. The van der Waals surface area contributed by atoms with E-state index in [1.54, 1.807) is 24.0 Å². The van der Waals surface area contributed by atoms with Gasteiger partial charge in [0.2, 0.25) is 5.91 Å². The molecule has 0 bridgehead atoms. The second-order valence-electron chi connectivity index (χ2n) is 8.68. The number of carbonyl (C=O) groups excluding carboxylic acids is 3. The van der Waals surface area contributed by atoms with Crippen molar-refractivity contribution in [2.45, 2.75) is 40.2 Å². The van der Waals surface area contributed by atoms with Gasteiger partial charge in [0, 0.05) is 18.5 Å². The molecule has 7 nitrogen and oxygen atoms in total. The number of nitrogens with zero attached hydrogens (tertiary/aromatic N) is 2. The number of hydrogen-bond donors (Lipinski definition) is 1. The van der Waals surface area contributed by atoms with Gasteiger partial charge in [-0.25, -0.2) is 4.79 Å². The van der Waals surface area contributed by atoms with E-state index in [9.17, 15) is 14.4 Å². The van der Waals surface area contributed by atoms with Gasteiger partial charge < -0.3 is 14.6 Å². The highest BCUT2D eigenvalue weighted by Gasteiger charge is 2.52. The van der Waals surface area contributed by atoms with Crippen molar-refractivity contribution >= 4 is 28.8 Å². The van der Waals surface area contributed by atoms with Gasteiger partial charge in [-0.3, -0.25) is 14.5 Å². The van der Waals surface area contributed by atoms with E-state index in [2.05, 4.69) is 5.32 Å². The molecule has 4 amide bonds. The van der Waals surface area contributed by atoms with E-state index in [0.717, 1.165) is 10.3 Å². The van der Waals surface area contributed by atoms with E-state index in [-0.39, 0.29) is 12.5 Å². The SMILES string of the molecule is CC(C)CN(CC(C)C)C(=O)CN1C(=O)N[C@@](C)(c2cc3ccccc3o2)C1=O. The third kappa shape index (κ3) is 4.13. The fourth-order valence-corrected chi connectivity index (χ4v) is 3.63. The summed E-state index contributed by atoms with van der Waals surface area (Å²) in [6, 6.07) is 8.57. The second kappa shape index (κ2) is 7.89. The molecule has 0 saturated carbocycles. The number of rotatable bonds is 7. The van der Waals surface area contributed by atoms with Crippen LogP contribution in [0, 0.1) is 11.8 Å². The van der Waals surface area contributed by atoms with E-state index in [0.29, 0.717) is 36.3 Å². The molecule has 0 unspecified atom stereocenters. The molecule has 1 N–H and O–H groups in total. The molecule has 156 valence electrons. The highest BCUT2D eigenvalue weighted by atomic mass is 16.3. The van der Waals surface area contributed by atoms with Crippen molar-refractivity contribution < 1.29 is 18.8 Å². The van der Waals surface area contributed by atoms with Crippen molar-refractivity contribution in [3.63, 3.8) is 0 Å². The van der Waals surface area contributed by atoms with E-state index >= 15 is 0 Å². The summed E-state index contributed by atoms with van der Waals surface area (Å²) in [5.41, 5.74) is -0.697. The van der Waals surface area contributed by atoms with Crippen LogP contribution in [0.3, 0.4) is 0 Å². The zero-order valence-corrected chi connectivity index (χ0v) is 17.7. The molecule has 7 heteroatoms. The van der Waals surface area contributed by atoms with Crippen LogP contribution in [0.1, 0.15) is 40.4 Å². The summed E-state index contributed by atoms with van der Waals surface area (Å²) in [6.07, 6.45) is 0. The summed E-state index contributed by atoms with van der Waals surface area (Å²) >= 11 is 0. The van der Waals surface area contributed by atoms with Crippen molar-refractivity contribution in [1.29, 1.82) is 0 Å². The number of benzene rings is 1. The van der Waals surface area contributed by atoms with Gasteiger partial charge in [-0.05, 0) is 30.9 Å². The van der Waals surface area contributed by atoms with Gasteiger partial charge >= 0.3 is 6.03 Å². The lowest BCUT2D eigenvalue weighted by molar-refractivity contribution is -0.139. The molecule has 1 aliphatic rings. The molecule has 0 aliphatic carbocycles. The summed E-state index contributed by atoms with van der Waals surface area (Å²) in [5.74, 6) is 0.227. The van der Waals surface area contributed by atoms with Crippen LogP contribution in [0.4, 0.5) is 4.79 Å². The maximum Gasteiger partial charge on any atom is 0.325 e. The van der Waals surface area contributed by atoms with Crippen LogP contribution in [0.5, 0.6) is 0 Å². The average Bonchev–Trinajstić information content (AvgIpc) is 3.16. The summed E-state index contributed by atoms with van der Waals surface area (Å²) in [4.78, 5) is 41.3. The van der Waals surface area contributed by atoms with Crippen molar-refractivity contribution in [3.05, 3.63) is 36.1 Å². The van der Waals surface area contributed by atoms with Gasteiger partial charge in [0.15, 0.2) is 5.54 Å². The van der Waals surface area contributed by atoms with E-state index < -0.39 is 17.5 Å². The second-order valence-corrected chi connectivity index (χ2v) is 8.68. The topological polar surface area (TPSA) is 82.9 Å². The zero-order valence-electron chi connectivity index (χ0n) is 17.7. The lowest BCUT2D eigenvalue weighted by Crippen LogP contribution is -2.46. The number of fused-ring (bicyclic) bond motifs is 1. The molecule has 1 fully saturated rings. The van der Waals surface area contributed by atoms with Crippen LogP contribution in [0.2, 0.25) is 0 Å². The lowest BCUT2D eigenvalue weighted by Gasteiger charge is -2.28. The van der Waals surface area contributed by atoms with Crippen LogP contribution in [-0.2, 0) is 15.1 Å². The van der Waals surface area contributed by atoms with E-state index in [1.807, 2.05) is 45.9 Å². The van der Waals surface area contributed by atoms with Crippen LogP contribution in [0.15, 0.2) is 34.7 Å². The van der Waals surface area contributed by atoms with Crippen LogP contribution in [0.25, 0.3) is 11.0 Å². The molecule has 29 heavy (non-hydrogen) atoms. The number of carbonyl (C=O) groups is 3. The molecule has 1 aromatic carbocycles. The smallest absolute Gasteiger partial charge is 0.325 e. The molecule has 1 aliphatic heterocycles. The van der Waals surface area contributed by atoms with Crippen LogP contribution >= 0.6 is 0 Å². The third-order valence-electron chi connectivity index (χ3n) is 5.01. The van der Waals surface area contributed by atoms with E-state index in [1.165, 1.54) is 0 Å². The first-order valence-electron chi connectivity index (χ1n) is 10.0. The molecule has 0 spiro atoms. The van der Waals surface area contributed by atoms with Crippen molar-refractivity contribution in [2.24, 2.45) is 11.8 Å². The number of para-hydroxylation sites is 1. The quantitative estimate of drug-likeness (QED) is 0.724. The Morgan fingerprint density at radius 3 is 2.34 bits per heavy atom. The molecule has 3 rings (SSSR count). The van der Waals surface area contributed by atoms with Gasteiger partial charge in [-0.1, -0.05) is 45.9 Å². The first-order chi connectivity index (χ1) is 13.6. The number of hydrogen-bond acceptors (Lipinski definition) is 4. The fraction of sp³-hybridized carbons (Fsp3) is 0.500. The number of furan rings is 1. The minimum Gasteiger partial charge on any atom is -0.458 e. The number of imide groups is 1. The Labute approximate surface area is 171 Å². The predicted octanol–water partition coefficient (Wildman–Crippen LogP) is 3.34. The predicted molar refractivity (Wildman–Crippen MR) is 110 cm³/mol. The van der Waals surface area contributed by atoms with Crippen molar-refractivity contribution in [2.75, 3.05) is 19.6 Å². The summed E-state index contributed by atoms with van der Waals surface area (Å²) in [5, 5.41) is 3.55. The summed E-state index contributed by atoms with van der Waals surface area (Å²) in [6.45, 7) is 10.6. The Morgan fingerprint density at radius 1 is 1.14 bits per heavy atom. The van der Waals surface area contributed by atoms with Crippen LogP contribution in [-0.4, -0.2) is 47.3 Å². The normalized spacial score (nSPS) is 19.5. The molecular weight excluding hydrogens is 370 g/mol. The van der Waals surface area contributed by atoms with E-state index in [4.69, 9.17) is 4.42 Å². The van der Waals surface area contributed by atoms with Gasteiger partial charge in [-0.2, -0.15) is 0 Å². The number of nitrogens with one attached hydrogen (secondary N) is 1. The first-order valence-corrected chi connectivity index (χ1v) is 10.0. The first kappa shape index (κ1) is 20.9. The van der Waals surface area contributed by atoms with Gasteiger partial charge in [0.05, 0.1) is 0 Å². The summed E-state index contributed by atoms with van der Waals surface area (Å²) in [7, 11) is 0. The molecule has 0 radical (unpaired) electrons. The molecule has 1 saturated heterocycles. The lowest BCUT2D eigenvalue weighted by atomic mass is 9.99. The molecular formula is C22H29N3O4. The monoisotopic (exact) mass is 399 g/mol. The third-order valence-corrected chi connectivity index (χ3v) is 5.01. The Hall–Kier alpha value is -2.83. The Balaban J connectivity index is 1.81. The molecule has 2 aromatic rings. The van der Waals surface area contributed by atoms with Crippen LogP contribution < -0.4 is 5.32 Å². The standard InChI is InChI=1S/C22H29N3O4/c1-14(2)11-24(12-15(3)4)19(26)13-25-20(27)22(5,23-21(25)28)18-10-16-8-6-7-9-17(16)29-18/h6-10,14-15H,11-13H2,1-5H3,(H,23,28)/t22-/m0/s1. The summed E-state index contributed by atoms with van der Waals surface area (Å²) < 4.78 is 5.82. The number of amides is 4. The Kier molecular flexibility index (Phi) is 5.68. The molecule has 1 aromatic heterocycles. The molecule has 1 atom stereocenters. The largest absolute Gasteiger partial charge is 0.458 e. The van der Waals surface area contributed by atoms with Crippen molar-refractivity contribution in [1.82, 2.24) is 15.1 Å². The maximum atomic E-state index is 13.1. The highest BCUT2D eigenvalue weighted by molar-refractivity contribution is 6.09. The van der Waals surface area contributed by atoms with Crippen molar-refractivity contribution in [3.8, 4) is 0 Å². The number of urea groups is 1.